The van der Waals surface area contributed by atoms with Gasteiger partial charge in [0.15, 0.2) is 0 Å². The van der Waals surface area contributed by atoms with Gasteiger partial charge in [-0.15, -0.1) is 0 Å². The lowest BCUT2D eigenvalue weighted by Crippen LogP contribution is -2.03. The molecule has 2 aromatic carbocycles. The summed E-state index contributed by atoms with van der Waals surface area (Å²) in [5.74, 6) is 0.980. The second-order valence-electron chi connectivity index (χ2n) is 5.35. The van der Waals surface area contributed by atoms with E-state index < -0.39 is 0 Å². The van der Waals surface area contributed by atoms with E-state index in [2.05, 4.69) is 57.2 Å². The van der Waals surface area contributed by atoms with Crippen molar-refractivity contribution in [2.45, 2.75) is 33.8 Å². The Hall–Kier alpha value is -1.80. The van der Waals surface area contributed by atoms with Crippen molar-refractivity contribution in [2.24, 2.45) is 5.73 Å². The molecule has 2 heteroatoms. The molecule has 2 nitrogen and oxygen atoms in total. The standard InChI is InChI=1S/C18H23NO/c1-13-10-14(2)15(3)18(11-13)20-12-17-6-4-16(5-7-17)8-9-19/h4-7,10-11H,8-9,12,19H2,1-3H3. The highest BCUT2D eigenvalue weighted by Gasteiger charge is 2.04. The van der Waals surface area contributed by atoms with Gasteiger partial charge >= 0.3 is 0 Å². The quantitative estimate of drug-likeness (QED) is 0.898. The second-order valence-corrected chi connectivity index (χ2v) is 5.35. The van der Waals surface area contributed by atoms with Crippen LogP contribution in [-0.4, -0.2) is 6.54 Å². The number of aryl methyl sites for hydroxylation is 2. The van der Waals surface area contributed by atoms with E-state index in [9.17, 15) is 0 Å². The van der Waals surface area contributed by atoms with E-state index in [-0.39, 0.29) is 0 Å². The molecule has 0 aromatic heterocycles. The van der Waals surface area contributed by atoms with E-state index in [0.717, 1.165) is 12.2 Å². The predicted molar refractivity (Wildman–Crippen MR) is 84.2 cm³/mol. The Balaban J connectivity index is 2.05. The number of hydrogen-bond donors (Lipinski definition) is 1. The molecule has 20 heavy (non-hydrogen) atoms. The first-order chi connectivity index (χ1) is 9.60. The fourth-order valence-electron chi connectivity index (χ4n) is 2.28. The Bertz CT molecular complexity index is 573. The first kappa shape index (κ1) is 14.6. The molecule has 0 atom stereocenters. The van der Waals surface area contributed by atoms with E-state index in [1.807, 2.05) is 0 Å². The lowest BCUT2D eigenvalue weighted by atomic mass is 10.1. The monoisotopic (exact) mass is 269 g/mol. The molecule has 106 valence electrons. The third-order valence-electron chi connectivity index (χ3n) is 3.61. The lowest BCUT2D eigenvalue weighted by Gasteiger charge is -2.12. The molecule has 2 rings (SSSR count). The van der Waals surface area contributed by atoms with Gasteiger partial charge in [-0.2, -0.15) is 0 Å². The van der Waals surface area contributed by atoms with Crippen LogP contribution in [0, 0.1) is 20.8 Å². The fraction of sp³-hybridized carbons (Fsp3) is 0.333. The molecule has 0 saturated carbocycles. The number of rotatable bonds is 5. The summed E-state index contributed by atoms with van der Waals surface area (Å²) in [5, 5.41) is 0. The van der Waals surface area contributed by atoms with Gasteiger partial charge in [0.2, 0.25) is 0 Å². The minimum absolute atomic E-state index is 0.604. The molecule has 0 saturated heterocycles. The first-order valence-electron chi connectivity index (χ1n) is 7.08. The molecular weight excluding hydrogens is 246 g/mol. The summed E-state index contributed by atoms with van der Waals surface area (Å²) < 4.78 is 5.96. The zero-order chi connectivity index (χ0) is 14.5. The maximum absolute atomic E-state index is 5.96. The number of ether oxygens (including phenoxy) is 1. The Morgan fingerprint density at radius 1 is 0.950 bits per heavy atom. The average Bonchev–Trinajstić information content (AvgIpc) is 2.43. The van der Waals surface area contributed by atoms with Crippen LogP contribution in [0.1, 0.15) is 27.8 Å². The highest BCUT2D eigenvalue weighted by molar-refractivity contribution is 5.42. The Morgan fingerprint density at radius 2 is 1.60 bits per heavy atom. The summed E-state index contributed by atoms with van der Waals surface area (Å²) in [5.41, 5.74) is 11.7. The van der Waals surface area contributed by atoms with Gasteiger partial charge in [-0.3, -0.25) is 0 Å². The largest absolute Gasteiger partial charge is 0.489 e. The van der Waals surface area contributed by atoms with Crippen LogP contribution < -0.4 is 10.5 Å². The highest BCUT2D eigenvalue weighted by atomic mass is 16.5. The van der Waals surface area contributed by atoms with Gasteiger partial charge in [0.05, 0.1) is 0 Å². The van der Waals surface area contributed by atoms with Crippen LogP contribution in [-0.2, 0) is 13.0 Å². The van der Waals surface area contributed by atoms with E-state index in [4.69, 9.17) is 10.5 Å². The van der Waals surface area contributed by atoms with Gasteiger partial charge < -0.3 is 10.5 Å². The summed E-state index contributed by atoms with van der Waals surface area (Å²) in [6.45, 7) is 7.62. The lowest BCUT2D eigenvalue weighted by molar-refractivity contribution is 0.303. The summed E-state index contributed by atoms with van der Waals surface area (Å²) in [6.07, 6.45) is 0.928. The van der Waals surface area contributed by atoms with Gasteiger partial charge in [0.25, 0.3) is 0 Å². The Labute approximate surface area is 121 Å². The minimum Gasteiger partial charge on any atom is -0.489 e. The fourth-order valence-corrected chi connectivity index (χ4v) is 2.28. The van der Waals surface area contributed by atoms with Gasteiger partial charge in [-0.25, -0.2) is 0 Å². The number of nitrogens with two attached hydrogens (primary N) is 1. The molecule has 0 aliphatic carbocycles. The van der Waals surface area contributed by atoms with Crippen LogP contribution in [0.25, 0.3) is 0 Å². The molecule has 0 amide bonds. The van der Waals surface area contributed by atoms with Crippen molar-refractivity contribution < 1.29 is 4.74 Å². The van der Waals surface area contributed by atoms with Crippen LogP contribution in [0.3, 0.4) is 0 Å². The predicted octanol–water partition coefficient (Wildman–Crippen LogP) is 3.69. The van der Waals surface area contributed by atoms with Crippen molar-refractivity contribution >= 4 is 0 Å². The summed E-state index contributed by atoms with van der Waals surface area (Å²) in [7, 11) is 0. The minimum atomic E-state index is 0.604. The first-order valence-corrected chi connectivity index (χ1v) is 7.08. The number of hydrogen-bond acceptors (Lipinski definition) is 2. The molecule has 0 bridgehead atoms. The average molecular weight is 269 g/mol. The summed E-state index contributed by atoms with van der Waals surface area (Å²) in [6, 6.07) is 12.8. The van der Waals surface area contributed by atoms with E-state index in [0.29, 0.717) is 13.2 Å². The van der Waals surface area contributed by atoms with Gasteiger partial charge in [0.1, 0.15) is 12.4 Å². The maximum atomic E-state index is 5.96. The molecular formula is C18H23NO. The van der Waals surface area contributed by atoms with Crippen molar-refractivity contribution in [1.82, 2.24) is 0 Å². The molecule has 0 unspecified atom stereocenters. The van der Waals surface area contributed by atoms with Crippen molar-refractivity contribution in [3.05, 3.63) is 64.2 Å². The molecule has 2 N–H and O–H groups in total. The zero-order valence-electron chi connectivity index (χ0n) is 12.6. The summed E-state index contributed by atoms with van der Waals surface area (Å²) >= 11 is 0. The molecule has 0 heterocycles. The zero-order valence-corrected chi connectivity index (χ0v) is 12.6. The van der Waals surface area contributed by atoms with Crippen LogP contribution in [0.4, 0.5) is 0 Å². The van der Waals surface area contributed by atoms with Crippen molar-refractivity contribution in [1.29, 1.82) is 0 Å². The number of benzene rings is 2. The summed E-state index contributed by atoms with van der Waals surface area (Å²) in [4.78, 5) is 0. The second kappa shape index (κ2) is 6.58. The third kappa shape index (κ3) is 3.61. The van der Waals surface area contributed by atoms with Crippen LogP contribution in [0.15, 0.2) is 36.4 Å². The van der Waals surface area contributed by atoms with Gasteiger partial charge in [0, 0.05) is 0 Å². The van der Waals surface area contributed by atoms with Gasteiger partial charge in [-0.1, -0.05) is 30.3 Å². The molecule has 0 spiro atoms. The SMILES string of the molecule is Cc1cc(C)c(C)c(OCc2ccc(CCN)cc2)c1. The Kier molecular flexibility index (Phi) is 4.80. The van der Waals surface area contributed by atoms with Crippen molar-refractivity contribution in [2.75, 3.05) is 6.54 Å². The molecule has 2 aromatic rings. The van der Waals surface area contributed by atoms with E-state index in [1.165, 1.54) is 27.8 Å². The van der Waals surface area contributed by atoms with Crippen LogP contribution >= 0.6 is 0 Å². The molecule has 0 aliphatic heterocycles. The van der Waals surface area contributed by atoms with E-state index >= 15 is 0 Å². The van der Waals surface area contributed by atoms with Crippen molar-refractivity contribution in [3.8, 4) is 5.75 Å². The molecule has 0 fully saturated rings. The van der Waals surface area contributed by atoms with Crippen molar-refractivity contribution in [3.63, 3.8) is 0 Å². The third-order valence-corrected chi connectivity index (χ3v) is 3.61. The van der Waals surface area contributed by atoms with E-state index in [1.54, 1.807) is 0 Å². The molecule has 0 radical (unpaired) electrons. The van der Waals surface area contributed by atoms with Gasteiger partial charge in [-0.05, 0) is 67.6 Å². The smallest absolute Gasteiger partial charge is 0.123 e. The maximum Gasteiger partial charge on any atom is 0.123 e. The molecule has 0 aliphatic rings. The topological polar surface area (TPSA) is 35.2 Å². The normalized spacial score (nSPS) is 10.6. The van der Waals surface area contributed by atoms with Crippen LogP contribution in [0.2, 0.25) is 0 Å². The Morgan fingerprint density at radius 3 is 2.25 bits per heavy atom. The van der Waals surface area contributed by atoms with Crippen LogP contribution in [0.5, 0.6) is 5.75 Å². The highest BCUT2D eigenvalue weighted by Crippen LogP contribution is 2.24.